The number of hydrogen-bond acceptors (Lipinski definition) is 11. The smallest absolute Gasteiger partial charge is 0.475 e. The molecule has 0 unspecified atom stereocenters. The van der Waals surface area contributed by atoms with Crippen molar-refractivity contribution in [3.05, 3.63) is 70.9 Å². The topological polar surface area (TPSA) is 228 Å². The zero-order valence-electron chi connectivity index (χ0n) is 27.5. The maximum absolute atomic E-state index is 13.1. The standard InChI is InChI=1S/C27H27ClN10O2.2C2HF3O2/c28-21-14-30-27-33-20-9-17(12-29-13-20)1-2-18-11-19(32-25(21)35-27)3-4-22(18)34-24(39)10-16-5-7-38(8-6-16)26(40)23-15-31-37-36-23;2*3-2(4,5)1(6)7/h3-4,9,11-16H,1-2,5-8,10H2,(H,34,39)(H,31,36,37)(H2,30,32,33,35);2*(H,6,7). The van der Waals surface area contributed by atoms with E-state index in [2.05, 4.69) is 46.3 Å². The number of piperidine rings is 1. The minimum Gasteiger partial charge on any atom is -0.475 e. The quantitative estimate of drug-likeness (QED) is 0.143. The summed E-state index contributed by atoms with van der Waals surface area (Å²) in [7, 11) is 0. The fourth-order valence-electron chi connectivity index (χ4n) is 5.02. The van der Waals surface area contributed by atoms with Gasteiger partial charge in [0.2, 0.25) is 11.9 Å². The van der Waals surface area contributed by atoms with Gasteiger partial charge < -0.3 is 31.1 Å². The Morgan fingerprint density at radius 3 is 2.17 bits per heavy atom. The first-order valence-corrected chi connectivity index (χ1v) is 16.0. The Morgan fingerprint density at radius 2 is 1.56 bits per heavy atom. The maximum Gasteiger partial charge on any atom is 0.490 e. The number of pyridine rings is 1. The summed E-state index contributed by atoms with van der Waals surface area (Å²) in [5.74, 6) is -4.62. The fraction of sp³-hybridized carbons (Fsp3) is 0.323. The Balaban J connectivity index is 0.000000396. The van der Waals surface area contributed by atoms with Crippen molar-refractivity contribution in [2.24, 2.45) is 5.92 Å². The molecule has 0 saturated carbocycles. The van der Waals surface area contributed by atoms with Gasteiger partial charge in [-0.15, -0.1) is 0 Å². The monoisotopic (exact) mass is 786 g/mol. The van der Waals surface area contributed by atoms with E-state index in [9.17, 15) is 35.9 Å². The molecule has 23 heteroatoms. The number of carbonyl (C=O) groups excluding carboxylic acids is 2. The molecule has 1 fully saturated rings. The van der Waals surface area contributed by atoms with Crippen LogP contribution in [0.25, 0.3) is 0 Å². The second-order valence-corrected chi connectivity index (χ2v) is 12.0. The molecule has 0 atom stereocenters. The van der Waals surface area contributed by atoms with E-state index in [1.165, 1.54) is 6.20 Å². The number of hydrogen-bond donors (Lipinski definition) is 6. The number of H-pyrrole nitrogens is 1. The van der Waals surface area contributed by atoms with Gasteiger partial charge in [0, 0.05) is 37.1 Å². The number of amides is 2. The molecule has 6 N–H and O–H groups in total. The van der Waals surface area contributed by atoms with Crippen molar-refractivity contribution in [3.8, 4) is 0 Å². The number of halogens is 7. The molecule has 0 radical (unpaired) electrons. The van der Waals surface area contributed by atoms with Crippen LogP contribution in [0.1, 0.15) is 40.9 Å². The molecule has 4 aromatic rings. The third-order valence-electron chi connectivity index (χ3n) is 7.62. The van der Waals surface area contributed by atoms with E-state index in [1.807, 2.05) is 30.5 Å². The summed E-state index contributed by atoms with van der Waals surface area (Å²) in [5.41, 5.74) is 4.67. The predicted molar refractivity (Wildman–Crippen MR) is 177 cm³/mol. The molecular formula is C31H29ClF6N10O6. The summed E-state index contributed by atoms with van der Waals surface area (Å²) in [6.45, 7) is 1.18. The highest BCUT2D eigenvalue weighted by Gasteiger charge is 2.39. The van der Waals surface area contributed by atoms with Gasteiger partial charge in [-0.3, -0.25) is 14.6 Å². The zero-order chi connectivity index (χ0) is 39.6. The second kappa shape index (κ2) is 17.6. The van der Waals surface area contributed by atoms with Gasteiger partial charge in [0.05, 0.1) is 24.3 Å². The van der Waals surface area contributed by atoms with Crippen LogP contribution in [0.15, 0.2) is 49.1 Å². The highest BCUT2D eigenvalue weighted by Crippen LogP contribution is 2.30. The van der Waals surface area contributed by atoms with Gasteiger partial charge in [0.25, 0.3) is 5.91 Å². The van der Waals surface area contributed by atoms with Gasteiger partial charge in [-0.25, -0.2) is 14.6 Å². The van der Waals surface area contributed by atoms with E-state index in [1.54, 1.807) is 17.3 Å². The van der Waals surface area contributed by atoms with Crippen LogP contribution in [-0.4, -0.2) is 94.7 Å². The van der Waals surface area contributed by atoms with Gasteiger partial charge in [0.1, 0.15) is 5.02 Å². The lowest BCUT2D eigenvalue weighted by molar-refractivity contribution is -0.193. The summed E-state index contributed by atoms with van der Waals surface area (Å²) in [6, 6.07) is 7.80. The molecule has 54 heavy (non-hydrogen) atoms. The van der Waals surface area contributed by atoms with E-state index in [-0.39, 0.29) is 17.7 Å². The summed E-state index contributed by atoms with van der Waals surface area (Å²) in [4.78, 5) is 58.3. The van der Waals surface area contributed by atoms with Crippen molar-refractivity contribution < 1.29 is 55.7 Å². The maximum atomic E-state index is 13.1. The minimum atomic E-state index is -5.08. The fourth-order valence-corrected chi connectivity index (χ4v) is 5.16. The number of carboxylic acid groups (broad SMARTS) is 2. The zero-order valence-corrected chi connectivity index (χ0v) is 28.3. The van der Waals surface area contributed by atoms with Crippen LogP contribution in [-0.2, 0) is 27.2 Å². The molecule has 0 spiro atoms. The number of aromatic amines is 1. The van der Waals surface area contributed by atoms with E-state index in [0.29, 0.717) is 48.4 Å². The van der Waals surface area contributed by atoms with Crippen LogP contribution in [0.2, 0.25) is 5.02 Å². The first-order chi connectivity index (χ1) is 25.4. The first kappa shape index (κ1) is 40.7. The van der Waals surface area contributed by atoms with Crippen LogP contribution in [0, 0.1) is 5.92 Å². The first-order valence-electron chi connectivity index (χ1n) is 15.6. The third kappa shape index (κ3) is 12.0. The predicted octanol–water partition coefficient (Wildman–Crippen LogP) is 5.38. The largest absolute Gasteiger partial charge is 0.490 e. The van der Waals surface area contributed by atoms with Gasteiger partial charge in [0.15, 0.2) is 11.5 Å². The molecule has 5 heterocycles. The van der Waals surface area contributed by atoms with E-state index in [0.717, 1.165) is 47.5 Å². The molecule has 1 aromatic carbocycles. The molecule has 6 rings (SSSR count). The SMILES string of the molecule is O=C(CC1CCN(C(=O)c2cn[nH]n2)CC1)Nc1ccc2cc1CCc1cncc(c1)Nc1ncc(Cl)c(n1)N2.O=C(O)C(F)(F)F.O=C(O)C(F)(F)F. The molecule has 16 nitrogen and oxygen atoms in total. The minimum absolute atomic E-state index is 0.0440. The number of likely N-dealkylation sites (tertiary alicyclic amines) is 1. The Bertz CT molecular complexity index is 1930. The lowest BCUT2D eigenvalue weighted by Gasteiger charge is -2.31. The molecule has 6 bridgehead atoms. The van der Waals surface area contributed by atoms with Crippen molar-refractivity contribution in [2.75, 3.05) is 29.0 Å². The molecule has 3 aromatic heterocycles. The lowest BCUT2D eigenvalue weighted by atomic mass is 9.93. The van der Waals surface area contributed by atoms with E-state index in [4.69, 9.17) is 31.4 Å². The Morgan fingerprint density at radius 1 is 0.889 bits per heavy atom. The van der Waals surface area contributed by atoms with Gasteiger partial charge in [-0.1, -0.05) is 11.6 Å². The number of fused-ring (bicyclic) bond motifs is 6. The average Bonchev–Trinajstić information content (AvgIpc) is 3.65. The second-order valence-electron chi connectivity index (χ2n) is 11.5. The summed E-state index contributed by atoms with van der Waals surface area (Å²) in [6.07, 6.45) is -0.326. The molecule has 288 valence electrons. The van der Waals surface area contributed by atoms with Crippen LogP contribution in [0.3, 0.4) is 0 Å². The van der Waals surface area contributed by atoms with Crippen molar-refractivity contribution >= 4 is 64.2 Å². The molecule has 1 saturated heterocycles. The van der Waals surface area contributed by atoms with E-state index >= 15 is 0 Å². The molecular weight excluding hydrogens is 758 g/mol. The highest BCUT2D eigenvalue weighted by atomic mass is 35.5. The van der Waals surface area contributed by atoms with E-state index < -0.39 is 24.3 Å². The van der Waals surface area contributed by atoms with Crippen LogP contribution < -0.4 is 16.0 Å². The van der Waals surface area contributed by atoms with Crippen LogP contribution in [0.5, 0.6) is 0 Å². The lowest BCUT2D eigenvalue weighted by Crippen LogP contribution is -2.39. The third-order valence-corrected chi connectivity index (χ3v) is 7.89. The number of benzene rings is 1. The Labute approximate surface area is 305 Å². The Kier molecular flexibility index (Phi) is 13.3. The number of alkyl halides is 6. The van der Waals surface area contributed by atoms with Crippen molar-refractivity contribution in [1.29, 1.82) is 0 Å². The molecule has 0 aliphatic carbocycles. The number of nitrogens with one attached hydrogen (secondary N) is 4. The number of rotatable bonds is 4. The number of nitrogens with zero attached hydrogens (tertiary/aromatic N) is 6. The molecule has 2 aliphatic heterocycles. The Hall–Kier alpha value is -6.06. The van der Waals surface area contributed by atoms with Gasteiger partial charge >= 0.3 is 24.3 Å². The van der Waals surface area contributed by atoms with Gasteiger partial charge in [-0.2, -0.15) is 46.7 Å². The average molecular weight is 787 g/mol. The number of carboxylic acids is 2. The number of anilines is 5. The van der Waals surface area contributed by atoms with Crippen LogP contribution >= 0.6 is 11.6 Å². The molecule has 2 aliphatic rings. The summed E-state index contributed by atoms with van der Waals surface area (Å²) in [5, 5.41) is 34.3. The molecule has 2 amide bonds. The van der Waals surface area contributed by atoms with Gasteiger partial charge in [-0.05, 0) is 67.0 Å². The number of aromatic nitrogens is 6. The highest BCUT2D eigenvalue weighted by molar-refractivity contribution is 6.32. The van der Waals surface area contributed by atoms with Crippen molar-refractivity contribution in [1.82, 2.24) is 35.3 Å². The van der Waals surface area contributed by atoms with Crippen molar-refractivity contribution in [3.63, 3.8) is 0 Å². The number of aryl methyl sites for hydroxylation is 2. The summed E-state index contributed by atoms with van der Waals surface area (Å²) >= 11 is 6.36. The van der Waals surface area contributed by atoms with Crippen molar-refractivity contribution in [2.45, 2.75) is 44.5 Å². The summed E-state index contributed by atoms with van der Waals surface area (Å²) < 4.78 is 63.5. The van der Waals surface area contributed by atoms with Crippen LogP contribution in [0.4, 0.5) is 55.2 Å². The number of aliphatic carboxylic acids is 2. The number of carbonyl (C=O) groups is 4. The normalized spacial score (nSPS) is 14.1.